The molecule has 2 aromatic carbocycles. The number of benzene rings is 2. The molecule has 1 N–H and O–H groups in total. The Bertz CT molecular complexity index is 921. The zero-order valence-electron chi connectivity index (χ0n) is 15.8. The van der Waals surface area contributed by atoms with Gasteiger partial charge in [0, 0.05) is 11.6 Å². The molecule has 6 nitrogen and oxygen atoms in total. The zero-order valence-corrected chi connectivity index (χ0v) is 16.7. The fraction of sp³-hybridized carbons (Fsp3) is 0.235. The van der Waals surface area contributed by atoms with E-state index in [0.717, 1.165) is 0 Å². The van der Waals surface area contributed by atoms with E-state index in [-0.39, 0.29) is 11.6 Å². The molecule has 2 aromatic rings. The van der Waals surface area contributed by atoms with Crippen LogP contribution in [0, 0.1) is 5.39 Å². The van der Waals surface area contributed by atoms with Crippen molar-refractivity contribution < 1.29 is 39.4 Å². The normalized spacial score (nSPS) is 12.9. The standard InChI is InChI=1S/C17H17N3O3.F6P/c1-3-22-15-11-14(20-18)16(23-4-2)10-13(15)19-17(21)12-8-6-5-7-9-12;1-7(2,3,4,5)6/h5-11H,3-4H2,1-2H3;/q;-1/p+1. The van der Waals surface area contributed by atoms with E-state index < -0.39 is 7.81 Å². The van der Waals surface area contributed by atoms with Crippen LogP contribution in [0.2, 0.25) is 0 Å². The first-order chi connectivity index (χ1) is 13.6. The van der Waals surface area contributed by atoms with Crippen LogP contribution in [-0.2, 0) is 0 Å². The minimum atomic E-state index is -10.7. The van der Waals surface area contributed by atoms with Gasteiger partial charge in [-0.15, -0.1) is 0 Å². The first kappa shape index (κ1) is 25.0. The SMILES string of the molecule is CCOc1cc(NC(=O)c2ccccc2)c(OCC)cc1[N+]#N.F[P-](F)(F)(F)(F)F. The van der Waals surface area contributed by atoms with Gasteiger partial charge in [-0.05, 0) is 26.0 Å². The fourth-order valence-corrected chi connectivity index (χ4v) is 2.06. The van der Waals surface area contributed by atoms with Gasteiger partial charge in [0.25, 0.3) is 5.91 Å². The van der Waals surface area contributed by atoms with Gasteiger partial charge in [-0.2, -0.15) is 0 Å². The Balaban J connectivity index is 0.000000553. The molecule has 30 heavy (non-hydrogen) atoms. The van der Waals surface area contributed by atoms with Crippen molar-refractivity contribution in [3.05, 3.63) is 53.0 Å². The average Bonchev–Trinajstić information content (AvgIpc) is 2.62. The fourth-order valence-electron chi connectivity index (χ4n) is 2.06. The predicted molar refractivity (Wildman–Crippen MR) is 101 cm³/mol. The van der Waals surface area contributed by atoms with Gasteiger partial charge >= 0.3 is 38.7 Å². The van der Waals surface area contributed by atoms with Gasteiger partial charge in [0.1, 0.15) is 0 Å². The second-order valence-electron chi connectivity index (χ2n) is 5.56. The second kappa shape index (κ2) is 8.75. The van der Waals surface area contributed by atoms with Crippen molar-refractivity contribution in [1.82, 2.24) is 0 Å². The summed E-state index contributed by atoms with van der Waals surface area (Å²) in [7, 11) is -10.7. The first-order valence-electron chi connectivity index (χ1n) is 8.36. The summed E-state index contributed by atoms with van der Waals surface area (Å²) >= 11 is 0. The summed E-state index contributed by atoms with van der Waals surface area (Å²) in [5.74, 6) is 0.512. The molecule has 0 unspecified atom stereocenters. The summed E-state index contributed by atoms with van der Waals surface area (Å²) in [5.41, 5.74) is 1.23. The van der Waals surface area contributed by atoms with Crippen molar-refractivity contribution in [1.29, 1.82) is 5.39 Å². The minimum absolute atomic E-state index is 0.244. The van der Waals surface area contributed by atoms with Crippen molar-refractivity contribution in [2.45, 2.75) is 13.8 Å². The van der Waals surface area contributed by atoms with Crippen LogP contribution in [0.15, 0.2) is 42.5 Å². The number of nitrogens with zero attached hydrogens (tertiary/aromatic N) is 2. The summed E-state index contributed by atoms with van der Waals surface area (Å²) in [5, 5.41) is 11.9. The van der Waals surface area contributed by atoms with E-state index >= 15 is 0 Å². The number of hydrogen-bond acceptors (Lipinski definition) is 4. The molecule has 0 aliphatic carbocycles. The summed E-state index contributed by atoms with van der Waals surface area (Å²) in [6.45, 7) is 4.46. The average molecular weight is 457 g/mol. The van der Waals surface area contributed by atoms with E-state index in [9.17, 15) is 30.0 Å². The maximum atomic E-state index is 12.3. The number of rotatable bonds is 6. The Morgan fingerprint density at radius 3 is 1.93 bits per heavy atom. The molecule has 0 spiro atoms. The number of anilines is 1. The van der Waals surface area contributed by atoms with Crippen molar-refractivity contribution in [3.63, 3.8) is 0 Å². The van der Waals surface area contributed by atoms with E-state index in [2.05, 4.69) is 10.3 Å². The first-order valence-corrected chi connectivity index (χ1v) is 10.4. The number of carbonyl (C=O) groups is 1. The van der Waals surface area contributed by atoms with E-state index in [1.807, 2.05) is 19.9 Å². The molecule has 0 saturated carbocycles. The molecule has 0 fully saturated rings. The van der Waals surface area contributed by atoms with Gasteiger partial charge in [0.2, 0.25) is 11.1 Å². The Morgan fingerprint density at radius 2 is 1.47 bits per heavy atom. The van der Waals surface area contributed by atoms with Gasteiger partial charge in [0.15, 0.2) is 10.7 Å². The number of amides is 1. The van der Waals surface area contributed by atoms with Crippen molar-refractivity contribution in [2.24, 2.45) is 0 Å². The molecule has 0 radical (unpaired) electrons. The van der Waals surface area contributed by atoms with Crippen LogP contribution in [0.4, 0.5) is 36.6 Å². The van der Waals surface area contributed by atoms with Crippen molar-refractivity contribution in [2.75, 3.05) is 18.5 Å². The Morgan fingerprint density at radius 1 is 0.967 bits per heavy atom. The van der Waals surface area contributed by atoms with E-state index in [0.29, 0.717) is 36.0 Å². The van der Waals surface area contributed by atoms with E-state index in [4.69, 9.17) is 14.9 Å². The van der Waals surface area contributed by atoms with Crippen LogP contribution in [0.5, 0.6) is 11.5 Å². The monoisotopic (exact) mass is 457 g/mol. The molecule has 0 saturated heterocycles. The number of nitrogens with one attached hydrogen (secondary N) is 1. The van der Waals surface area contributed by atoms with Crippen molar-refractivity contribution in [3.8, 4) is 11.5 Å². The third kappa shape index (κ3) is 10.5. The van der Waals surface area contributed by atoms with Gasteiger partial charge in [-0.3, -0.25) is 4.79 Å². The van der Waals surface area contributed by atoms with Crippen LogP contribution in [0.25, 0.3) is 4.98 Å². The Kier molecular flexibility index (Phi) is 7.29. The summed E-state index contributed by atoms with van der Waals surface area (Å²) in [6.07, 6.45) is 0. The van der Waals surface area contributed by atoms with E-state index in [1.165, 1.54) is 6.07 Å². The quantitative estimate of drug-likeness (QED) is 0.275. The number of carbonyl (C=O) groups excluding carboxylic acids is 1. The third-order valence-electron chi connectivity index (χ3n) is 3.05. The van der Waals surface area contributed by atoms with Gasteiger partial charge < -0.3 is 14.8 Å². The molecule has 0 aliphatic rings. The molecule has 1 amide bonds. The van der Waals surface area contributed by atoms with Crippen molar-refractivity contribution >= 4 is 25.1 Å². The van der Waals surface area contributed by atoms with Crippen LogP contribution in [0.1, 0.15) is 24.2 Å². The molecule has 0 atom stereocenters. The maximum absolute atomic E-state index is 12.3. The molecular weight excluding hydrogens is 439 g/mol. The Hall–Kier alpha value is -3.06. The second-order valence-corrected chi connectivity index (χ2v) is 7.48. The third-order valence-corrected chi connectivity index (χ3v) is 3.05. The van der Waals surface area contributed by atoms with Crippen LogP contribution < -0.4 is 14.8 Å². The summed E-state index contributed by atoms with van der Waals surface area (Å²) in [4.78, 5) is 15.5. The number of diazo groups is 1. The van der Waals surface area contributed by atoms with E-state index in [1.54, 1.807) is 30.3 Å². The molecule has 166 valence electrons. The topological polar surface area (TPSA) is 75.7 Å². The zero-order chi connectivity index (χ0) is 23.1. The molecular formula is C17H18F6N3O3P. The van der Waals surface area contributed by atoms with Crippen LogP contribution in [-0.4, -0.2) is 19.1 Å². The number of hydrogen-bond donors (Lipinski definition) is 1. The summed E-state index contributed by atoms with van der Waals surface area (Å²) in [6, 6.07) is 12.0. The molecule has 2 rings (SSSR count). The van der Waals surface area contributed by atoms with Gasteiger partial charge in [-0.25, -0.2) is 0 Å². The number of ether oxygens (including phenoxy) is 2. The molecule has 0 aliphatic heterocycles. The molecule has 13 heteroatoms. The molecule has 0 aromatic heterocycles. The van der Waals surface area contributed by atoms with Gasteiger partial charge in [-0.1, -0.05) is 18.2 Å². The predicted octanol–water partition coefficient (Wildman–Crippen LogP) is 7.60. The molecule has 0 bridgehead atoms. The Labute approximate surface area is 167 Å². The van der Waals surface area contributed by atoms with Gasteiger partial charge in [0.05, 0.1) is 25.0 Å². The van der Waals surface area contributed by atoms with Crippen LogP contribution in [0.3, 0.4) is 0 Å². The summed E-state index contributed by atoms with van der Waals surface area (Å²) < 4.78 is 70.1. The van der Waals surface area contributed by atoms with Crippen LogP contribution >= 0.6 is 7.81 Å². The number of halogens is 6. The molecule has 0 heterocycles.